The lowest BCUT2D eigenvalue weighted by Gasteiger charge is -2.58. The Morgan fingerprint density at radius 1 is 1.17 bits per heavy atom. The Bertz CT molecular complexity index is 292. The number of Topliss-reactive ketones (excluding diaryl/α,β-unsaturated/α-hetero) is 1. The van der Waals surface area contributed by atoms with Crippen molar-refractivity contribution in [2.45, 2.75) is 78.4 Å². The van der Waals surface area contributed by atoms with Crippen molar-refractivity contribution in [1.29, 1.82) is 0 Å². The SMILES string of the molecule is CC(C)OC1CC2(CC(CCC(=O)C(C)C)C2)C1. The van der Waals surface area contributed by atoms with Gasteiger partial charge in [-0.2, -0.15) is 0 Å². The molecular formula is C16H28O2. The van der Waals surface area contributed by atoms with Gasteiger partial charge in [-0.05, 0) is 57.3 Å². The lowest BCUT2D eigenvalue weighted by Crippen LogP contribution is -2.51. The summed E-state index contributed by atoms with van der Waals surface area (Å²) in [7, 11) is 0. The summed E-state index contributed by atoms with van der Waals surface area (Å²) >= 11 is 0. The highest BCUT2D eigenvalue weighted by molar-refractivity contribution is 5.80. The van der Waals surface area contributed by atoms with Crippen LogP contribution in [-0.4, -0.2) is 18.0 Å². The zero-order valence-electron chi connectivity index (χ0n) is 12.4. The molecule has 0 aromatic rings. The van der Waals surface area contributed by atoms with Crippen molar-refractivity contribution in [1.82, 2.24) is 0 Å². The Labute approximate surface area is 111 Å². The second-order valence-electron chi connectivity index (χ2n) is 7.15. The van der Waals surface area contributed by atoms with Gasteiger partial charge in [-0.25, -0.2) is 0 Å². The van der Waals surface area contributed by atoms with Crippen LogP contribution >= 0.6 is 0 Å². The molecule has 2 fully saturated rings. The van der Waals surface area contributed by atoms with E-state index >= 15 is 0 Å². The fourth-order valence-electron chi connectivity index (χ4n) is 3.72. The molecule has 0 amide bonds. The summed E-state index contributed by atoms with van der Waals surface area (Å²) in [5, 5.41) is 0. The van der Waals surface area contributed by atoms with E-state index in [1.54, 1.807) is 0 Å². The highest BCUT2D eigenvalue weighted by Crippen LogP contribution is 2.60. The van der Waals surface area contributed by atoms with E-state index in [0.29, 0.717) is 23.4 Å². The van der Waals surface area contributed by atoms with Gasteiger partial charge in [0.15, 0.2) is 0 Å². The Morgan fingerprint density at radius 3 is 2.28 bits per heavy atom. The van der Waals surface area contributed by atoms with Crippen LogP contribution < -0.4 is 0 Å². The van der Waals surface area contributed by atoms with Crippen LogP contribution in [0, 0.1) is 17.3 Å². The first kappa shape index (κ1) is 14.0. The van der Waals surface area contributed by atoms with Crippen molar-refractivity contribution in [2.75, 3.05) is 0 Å². The van der Waals surface area contributed by atoms with Gasteiger partial charge in [0, 0.05) is 12.3 Å². The third-order valence-electron chi connectivity index (χ3n) is 4.67. The second-order valence-corrected chi connectivity index (χ2v) is 7.15. The van der Waals surface area contributed by atoms with Crippen LogP contribution in [0.1, 0.15) is 66.2 Å². The summed E-state index contributed by atoms with van der Waals surface area (Å²) in [5.74, 6) is 1.46. The molecule has 0 saturated heterocycles. The molecule has 104 valence electrons. The van der Waals surface area contributed by atoms with E-state index in [-0.39, 0.29) is 5.92 Å². The molecule has 18 heavy (non-hydrogen) atoms. The van der Waals surface area contributed by atoms with Gasteiger partial charge in [0.1, 0.15) is 5.78 Å². The second kappa shape index (κ2) is 5.32. The molecule has 2 nitrogen and oxygen atoms in total. The summed E-state index contributed by atoms with van der Waals surface area (Å²) in [6, 6.07) is 0. The molecule has 0 N–H and O–H groups in total. The number of carbonyl (C=O) groups excluding carboxylic acids is 1. The molecule has 0 aliphatic heterocycles. The van der Waals surface area contributed by atoms with E-state index in [2.05, 4.69) is 13.8 Å². The standard InChI is InChI=1S/C16H28O2/c1-11(2)15(17)6-5-13-7-16(8-13)9-14(10-16)18-12(3)4/h11-14H,5-10H2,1-4H3. The fourth-order valence-corrected chi connectivity index (χ4v) is 3.72. The average molecular weight is 252 g/mol. The number of hydrogen-bond acceptors (Lipinski definition) is 2. The number of ether oxygens (including phenoxy) is 1. The molecule has 2 aliphatic carbocycles. The smallest absolute Gasteiger partial charge is 0.135 e. The molecule has 0 bridgehead atoms. The van der Waals surface area contributed by atoms with Gasteiger partial charge in [0.05, 0.1) is 12.2 Å². The Morgan fingerprint density at radius 2 is 1.78 bits per heavy atom. The normalized spacial score (nSPS) is 34.8. The molecule has 0 heterocycles. The minimum Gasteiger partial charge on any atom is -0.376 e. The number of carbonyl (C=O) groups is 1. The predicted molar refractivity (Wildman–Crippen MR) is 73.5 cm³/mol. The summed E-state index contributed by atoms with van der Waals surface area (Å²) in [6.45, 7) is 8.24. The van der Waals surface area contributed by atoms with Crippen molar-refractivity contribution < 1.29 is 9.53 Å². The van der Waals surface area contributed by atoms with Crippen molar-refractivity contribution in [3.63, 3.8) is 0 Å². The summed E-state index contributed by atoms with van der Waals surface area (Å²) in [4.78, 5) is 11.6. The minimum absolute atomic E-state index is 0.214. The predicted octanol–water partition coefficient (Wildman–Crippen LogP) is 3.98. The lowest BCUT2D eigenvalue weighted by molar-refractivity contribution is -0.155. The van der Waals surface area contributed by atoms with Crippen molar-refractivity contribution >= 4 is 5.78 Å². The van der Waals surface area contributed by atoms with Crippen LogP contribution in [0.4, 0.5) is 0 Å². The van der Waals surface area contributed by atoms with Crippen LogP contribution in [0.15, 0.2) is 0 Å². The van der Waals surface area contributed by atoms with Gasteiger partial charge >= 0.3 is 0 Å². The van der Waals surface area contributed by atoms with E-state index < -0.39 is 0 Å². The van der Waals surface area contributed by atoms with E-state index in [4.69, 9.17) is 4.74 Å². The Balaban J connectivity index is 1.59. The van der Waals surface area contributed by atoms with Crippen LogP contribution in [0.5, 0.6) is 0 Å². The van der Waals surface area contributed by atoms with E-state index in [9.17, 15) is 4.79 Å². The maximum atomic E-state index is 11.6. The Hall–Kier alpha value is -0.370. The van der Waals surface area contributed by atoms with E-state index in [1.165, 1.54) is 25.7 Å². The Kier molecular flexibility index (Phi) is 4.15. The van der Waals surface area contributed by atoms with Gasteiger partial charge < -0.3 is 4.74 Å². The van der Waals surface area contributed by atoms with Gasteiger partial charge in [-0.15, -0.1) is 0 Å². The van der Waals surface area contributed by atoms with Crippen molar-refractivity contribution in [3.8, 4) is 0 Å². The molecule has 0 aromatic heterocycles. The van der Waals surface area contributed by atoms with Crippen LogP contribution in [-0.2, 0) is 9.53 Å². The molecule has 1 spiro atoms. The van der Waals surface area contributed by atoms with Gasteiger partial charge in [-0.3, -0.25) is 4.79 Å². The van der Waals surface area contributed by atoms with Gasteiger partial charge in [0.2, 0.25) is 0 Å². The molecular weight excluding hydrogens is 224 g/mol. The fraction of sp³-hybridized carbons (Fsp3) is 0.938. The first-order valence-electron chi connectivity index (χ1n) is 7.58. The first-order chi connectivity index (χ1) is 8.40. The quantitative estimate of drug-likeness (QED) is 0.715. The average Bonchev–Trinajstić information content (AvgIpc) is 2.16. The van der Waals surface area contributed by atoms with E-state index in [0.717, 1.165) is 18.8 Å². The zero-order valence-corrected chi connectivity index (χ0v) is 12.4. The van der Waals surface area contributed by atoms with Crippen LogP contribution in [0.25, 0.3) is 0 Å². The van der Waals surface area contributed by atoms with E-state index in [1.807, 2.05) is 13.8 Å². The monoisotopic (exact) mass is 252 g/mol. The first-order valence-corrected chi connectivity index (χ1v) is 7.58. The van der Waals surface area contributed by atoms with Crippen LogP contribution in [0.2, 0.25) is 0 Å². The molecule has 2 heteroatoms. The highest BCUT2D eigenvalue weighted by atomic mass is 16.5. The molecule has 2 rings (SSSR count). The number of hydrogen-bond donors (Lipinski definition) is 0. The number of ketones is 1. The molecule has 0 aromatic carbocycles. The zero-order chi connectivity index (χ0) is 13.3. The maximum Gasteiger partial charge on any atom is 0.135 e. The third kappa shape index (κ3) is 3.14. The summed E-state index contributed by atoms with van der Waals surface area (Å²) in [6.07, 6.45) is 8.01. The minimum atomic E-state index is 0.214. The molecule has 2 saturated carbocycles. The largest absolute Gasteiger partial charge is 0.376 e. The highest BCUT2D eigenvalue weighted by Gasteiger charge is 2.53. The molecule has 0 atom stereocenters. The summed E-state index contributed by atoms with van der Waals surface area (Å²) < 4.78 is 5.83. The maximum absolute atomic E-state index is 11.6. The molecule has 2 aliphatic rings. The van der Waals surface area contributed by atoms with Crippen LogP contribution in [0.3, 0.4) is 0 Å². The third-order valence-corrected chi connectivity index (χ3v) is 4.67. The van der Waals surface area contributed by atoms with Gasteiger partial charge in [0.25, 0.3) is 0 Å². The van der Waals surface area contributed by atoms with Gasteiger partial charge in [-0.1, -0.05) is 13.8 Å². The van der Waals surface area contributed by atoms with Crippen molar-refractivity contribution in [2.24, 2.45) is 17.3 Å². The van der Waals surface area contributed by atoms with Crippen molar-refractivity contribution in [3.05, 3.63) is 0 Å². The lowest BCUT2D eigenvalue weighted by atomic mass is 9.50. The molecule has 0 radical (unpaired) electrons. The topological polar surface area (TPSA) is 26.3 Å². The molecule has 0 unspecified atom stereocenters. The number of rotatable bonds is 6. The summed E-state index contributed by atoms with van der Waals surface area (Å²) in [5.41, 5.74) is 0.616.